The molecule has 10 atom stereocenters. The minimum atomic E-state index is -1.81. The number of aliphatic imine (C=N–C) groups is 1. The number of nitrogens with two attached hydrogens (primary N) is 3. The Labute approximate surface area is 523 Å². The third-order valence-corrected chi connectivity index (χ3v) is 15.3. The summed E-state index contributed by atoms with van der Waals surface area (Å²) in [6, 6.07) is 8.53. The predicted molar refractivity (Wildman–Crippen MR) is 334 cm³/mol. The van der Waals surface area contributed by atoms with Crippen LogP contribution in [0.1, 0.15) is 126 Å². The van der Waals surface area contributed by atoms with Crippen LogP contribution in [0.5, 0.6) is 0 Å². The van der Waals surface area contributed by atoms with E-state index in [1.54, 1.807) is 94.4 Å². The first kappa shape index (κ1) is 71.3. The van der Waals surface area contributed by atoms with Gasteiger partial charge in [0.15, 0.2) is 5.96 Å². The Balaban J connectivity index is 1.58. The van der Waals surface area contributed by atoms with E-state index in [1.807, 2.05) is 0 Å². The zero-order valence-electron chi connectivity index (χ0n) is 51.5. The molecule has 0 aromatic heterocycles. The van der Waals surface area contributed by atoms with E-state index in [1.165, 1.54) is 24.0 Å². The van der Waals surface area contributed by atoms with Crippen LogP contribution in [0.25, 0.3) is 0 Å². The molecule has 3 aromatic carbocycles. The van der Waals surface area contributed by atoms with Gasteiger partial charge in [-0.05, 0) is 106 Å². The zero-order chi connectivity index (χ0) is 66.0. The van der Waals surface area contributed by atoms with E-state index >= 15 is 0 Å². The van der Waals surface area contributed by atoms with Crippen LogP contribution in [-0.2, 0) is 54.4 Å². The number of hydrogen-bond acceptors (Lipinski definition) is 14. The number of carboxylic acid groups (broad SMARTS) is 1. The maximum absolute atomic E-state index is 14.6. The Morgan fingerprint density at radius 3 is 1.83 bits per heavy atom. The second-order valence-electron chi connectivity index (χ2n) is 22.8. The number of nitrogens with one attached hydrogen (secondary N) is 9. The number of guanidine groups is 1. The quantitative estimate of drug-likeness (QED) is 0.0352. The van der Waals surface area contributed by atoms with Crippen molar-refractivity contribution in [1.82, 2.24) is 47.4 Å². The average molecular weight is 1250 g/mol. The summed E-state index contributed by atoms with van der Waals surface area (Å²) < 4.78 is 0. The van der Waals surface area contributed by atoms with Crippen molar-refractivity contribution in [2.75, 3.05) is 31.6 Å². The van der Waals surface area contributed by atoms with Crippen molar-refractivity contribution in [2.24, 2.45) is 34.0 Å². The van der Waals surface area contributed by atoms with Gasteiger partial charge in [0.1, 0.15) is 54.4 Å². The summed E-state index contributed by atoms with van der Waals surface area (Å²) in [5, 5.41) is 44.2. The van der Waals surface area contributed by atoms with Crippen LogP contribution in [0.2, 0.25) is 0 Å². The molecule has 0 spiro atoms. The van der Waals surface area contributed by atoms with Gasteiger partial charge in [-0.1, -0.05) is 101 Å². The number of amides is 10. The summed E-state index contributed by atoms with van der Waals surface area (Å²) in [5.74, 6) is -5.04. The predicted octanol–water partition coefficient (Wildman–Crippen LogP) is -0.474. The van der Waals surface area contributed by atoms with Crippen molar-refractivity contribution in [3.8, 4) is 11.8 Å². The highest BCUT2D eigenvalue weighted by atomic mass is 16.4. The Bertz CT molecular complexity index is 3130. The van der Waals surface area contributed by atoms with Crippen molar-refractivity contribution in [3.05, 3.63) is 101 Å². The number of benzene rings is 3. The van der Waals surface area contributed by atoms with Gasteiger partial charge in [-0.25, -0.2) is 0 Å². The lowest BCUT2D eigenvalue weighted by Crippen LogP contribution is -2.61. The molecule has 27 nitrogen and oxygen atoms in total. The molecular formula is C63H86N14O13. The number of aliphatic carboxylic acids is 1. The molecule has 0 bridgehead atoms. The Morgan fingerprint density at radius 1 is 0.633 bits per heavy atom. The lowest BCUT2D eigenvalue weighted by molar-refractivity contribution is -0.141. The summed E-state index contributed by atoms with van der Waals surface area (Å²) in [6.07, 6.45) is 0.582. The van der Waals surface area contributed by atoms with E-state index < -0.39 is 138 Å². The number of para-hydroxylation sites is 1. The van der Waals surface area contributed by atoms with Crippen LogP contribution >= 0.6 is 0 Å². The Hall–Kier alpha value is -9.42. The number of carboxylic acids is 1. The third-order valence-electron chi connectivity index (χ3n) is 15.3. The first-order valence-electron chi connectivity index (χ1n) is 30.3. The van der Waals surface area contributed by atoms with E-state index in [2.05, 4.69) is 64.7 Å². The molecule has 5 rings (SSSR count). The third kappa shape index (κ3) is 21.7. The summed E-state index contributed by atoms with van der Waals surface area (Å²) in [4.78, 5) is 161. The van der Waals surface area contributed by atoms with Crippen LogP contribution in [-0.4, -0.2) is 167 Å². The van der Waals surface area contributed by atoms with Crippen LogP contribution in [0.4, 0.5) is 5.69 Å². The molecule has 1 saturated heterocycles. The van der Waals surface area contributed by atoms with Crippen LogP contribution in [0.15, 0.2) is 83.9 Å². The number of aliphatic hydroxyl groups is 1. The zero-order valence-corrected chi connectivity index (χ0v) is 51.5. The molecule has 2 aliphatic heterocycles. The highest BCUT2D eigenvalue weighted by Gasteiger charge is 2.39. The summed E-state index contributed by atoms with van der Waals surface area (Å²) >= 11 is 0. The molecule has 90 heavy (non-hydrogen) atoms. The van der Waals surface area contributed by atoms with Crippen molar-refractivity contribution in [2.45, 2.75) is 160 Å². The molecule has 17 N–H and O–H groups in total. The second-order valence-corrected chi connectivity index (χ2v) is 22.8. The van der Waals surface area contributed by atoms with Gasteiger partial charge in [-0.3, -0.25) is 57.7 Å². The second kappa shape index (κ2) is 35.5. The molecule has 1 fully saturated rings. The fourth-order valence-electron chi connectivity index (χ4n) is 10.1. The van der Waals surface area contributed by atoms with Gasteiger partial charge < -0.3 is 80.2 Å². The van der Waals surface area contributed by atoms with Crippen molar-refractivity contribution < 1.29 is 63.0 Å². The Kier molecular flexibility index (Phi) is 28.2. The number of carbonyl (C=O) groups excluding carboxylic acids is 10. The lowest BCUT2D eigenvalue weighted by Gasteiger charge is -2.29. The molecule has 10 amide bonds. The summed E-state index contributed by atoms with van der Waals surface area (Å²) in [6.45, 7) is 7.75. The number of hydrogen-bond donors (Lipinski definition) is 14. The SMILES string of the molecule is CC[C@H](C)[C@@H]1NC(=O)[C@H](C)NC(=O)[C@H](CC(C)C)NC(=O)[C@H](CC(=O)O)NC(=O)[C@H](Cc2ccccc2)NC(=O)[C@@H]2CCCN2C(=O)c2ccccc2C#Cc2ccccc2NC(=O)[C@H](CO)NC(=O)[C@H](CCCCN)NC(=O)[C@H](CCCN=C(N)N)NC1=O. The van der Waals surface area contributed by atoms with Crippen LogP contribution < -0.4 is 65.1 Å². The molecule has 0 saturated carbocycles. The molecule has 27 heteroatoms. The molecule has 2 aliphatic rings. The highest BCUT2D eigenvalue weighted by Crippen LogP contribution is 2.24. The maximum Gasteiger partial charge on any atom is 0.305 e. The van der Waals surface area contributed by atoms with Gasteiger partial charge in [-0.2, -0.15) is 0 Å². The smallest absolute Gasteiger partial charge is 0.305 e. The highest BCUT2D eigenvalue weighted by molar-refractivity contribution is 6.03. The topological polar surface area (TPSA) is 430 Å². The van der Waals surface area contributed by atoms with E-state index in [0.29, 0.717) is 31.2 Å². The van der Waals surface area contributed by atoms with Crippen molar-refractivity contribution >= 4 is 76.7 Å². The fraction of sp³-hybridized carbons (Fsp3) is 0.492. The van der Waals surface area contributed by atoms with E-state index in [4.69, 9.17) is 17.2 Å². The largest absolute Gasteiger partial charge is 0.481 e. The minimum Gasteiger partial charge on any atom is -0.481 e. The lowest BCUT2D eigenvalue weighted by atomic mass is 9.97. The Morgan fingerprint density at radius 2 is 1.19 bits per heavy atom. The number of rotatable bonds is 17. The molecular weight excluding hydrogens is 1160 g/mol. The molecule has 0 unspecified atom stereocenters. The number of carbonyl (C=O) groups is 11. The molecule has 0 radical (unpaired) electrons. The van der Waals surface area contributed by atoms with Crippen molar-refractivity contribution in [1.29, 1.82) is 0 Å². The van der Waals surface area contributed by atoms with Gasteiger partial charge in [-0.15, -0.1) is 0 Å². The average Bonchev–Trinajstić information content (AvgIpc) is 2.90. The molecule has 3 aromatic rings. The molecule has 0 aliphatic carbocycles. The van der Waals surface area contributed by atoms with Crippen LogP contribution in [0, 0.1) is 23.7 Å². The monoisotopic (exact) mass is 1250 g/mol. The number of aliphatic hydroxyl groups excluding tert-OH is 1. The number of anilines is 1. The number of nitrogens with zero attached hydrogens (tertiary/aromatic N) is 2. The van der Waals surface area contributed by atoms with E-state index in [0.717, 1.165) is 0 Å². The van der Waals surface area contributed by atoms with E-state index in [-0.39, 0.29) is 92.4 Å². The number of unbranched alkanes of at least 4 members (excludes halogenated alkanes) is 1. The van der Waals surface area contributed by atoms with Gasteiger partial charge in [0.05, 0.1) is 24.3 Å². The maximum atomic E-state index is 14.6. The number of fused-ring (bicyclic) bond motifs is 3. The van der Waals surface area contributed by atoms with Crippen LogP contribution in [0.3, 0.4) is 0 Å². The van der Waals surface area contributed by atoms with Gasteiger partial charge in [0.25, 0.3) is 5.91 Å². The first-order chi connectivity index (χ1) is 42.9. The summed E-state index contributed by atoms with van der Waals surface area (Å²) in [5.41, 5.74) is 18.3. The van der Waals surface area contributed by atoms with E-state index in [9.17, 15) is 63.0 Å². The summed E-state index contributed by atoms with van der Waals surface area (Å²) in [7, 11) is 0. The minimum absolute atomic E-state index is 0.00276. The fourth-order valence-corrected chi connectivity index (χ4v) is 10.1. The van der Waals surface area contributed by atoms with Crippen molar-refractivity contribution in [3.63, 3.8) is 0 Å². The molecule has 2 heterocycles. The van der Waals surface area contributed by atoms with Gasteiger partial charge in [0, 0.05) is 30.6 Å². The standard InChI is InChI=1S/C63H86N14O13/c1-6-37(4)52-61(89)71-45(25-16-30-67-63(65)66)54(82)70-44(24-14-15-29-64)55(83)75-49(35-78)59(87)69-43-23-13-11-21-41(43)28-27-40-20-10-12-22-42(40)62(90)77-31-17-26-50(77)60(88)74-47(33-39-18-8-7-9-19-39)57(85)73-48(34-51(79)80)58(86)72-46(32-36(2)3)56(84)68-38(5)53(81)76-52/h7-13,18-23,36-38,44-50,52,78H,6,14-17,24-26,29-35,64H2,1-5H3,(H,68,84)(H,69,87)(H,70,82)(H,71,89)(H,72,86)(H,73,85)(H,74,88)(H,75,83)(H,76,81)(H,79,80)(H4,65,66,67)/t37-,38-,44-,45-,46-,47-,48-,49-,50-,52-/m0/s1. The van der Waals surface area contributed by atoms with Gasteiger partial charge in [0.2, 0.25) is 53.2 Å². The molecule has 486 valence electrons. The first-order valence-corrected chi connectivity index (χ1v) is 30.3. The van der Waals surface area contributed by atoms with Gasteiger partial charge >= 0.3 is 5.97 Å². The normalized spacial score (nSPS) is 23.5.